The summed E-state index contributed by atoms with van der Waals surface area (Å²) in [6.45, 7) is 3.33. The van der Waals surface area contributed by atoms with Gasteiger partial charge in [0.1, 0.15) is 0 Å². The third-order valence-corrected chi connectivity index (χ3v) is 2.55. The van der Waals surface area contributed by atoms with Gasteiger partial charge in [-0.2, -0.15) is 0 Å². The molecule has 0 bridgehead atoms. The normalized spacial score (nSPS) is 37.2. The van der Waals surface area contributed by atoms with E-state index in [9.17, 15) is 4.79 Å². The van der Waals surface area contributed by atoms with Crippen molar-refractivity contribution in [2.45, 2.75) is 31.5 Å². The van der Waals surface area contributed by atoms with Gasteiger partial charge < -0.3 is 9.47 Å². The third kappa shape index (κ3) is 1.37. The number of fused-ring (bicyclic) bond motifs is 1. The van der Waals surface area contributed by atoms with Crippen LogP contribution in [0, 0.1) is 5.92 Å². The third-order valence-electron chi connectivity index (χ3n) is 2.55. The van der Waals surface area contributed by atoms with E-state index in [0.29, 0.717) is 24.5 Å². The first-order valence-electron chi connectivity index (χ1n) is 4.27. The van der Waals surface area contributed by atoms with Gasteiger partial charge in [-0.25, -0.2) is 0 Å². The number of carbonyl (C=O) groups excluding carboxylic acids is 1. The lowest BCUT2D eigenvalue weighted by Crippen LogP contribution is -2.11. The van der Waals surface area contributed by atoms with Gasteiger partial charge in [-0.05, 0) is 18.8 Å². The van der Waals surface area contributed by atoms with E-state index >= 15 is 0 Å². The van der Waals surface area contributed by atoms with E-state index < -0.39 is 0 Å². The summed E-state index contributed by atoms with van der Waals surface area (Å²) in [7, 11) is 0. The fourth-order valence-electron chi connectivity index (χ4n) is 1.92. The van der Waals surface area contributed by atoms with Crippen LogP contribution in [0.1, 0.15) is 19.3 Å². The van der Waals surface area contributed by atoms with E-state index in [1.807, 2.05) is 0 Å². The zero-order valence-electron chi connectivity index (χ0n) is 6.86. The van der Waals surface area contributed by atoms with Crippen molar-refractivity contribution < 1.29 is 14.3 Å². The predicted octanol–water partition coefficient (Wildman–Crippen LogP) is 1.24. The molecule has 0 N–H and O–H groups in total. The summed E-state index contributed by atoms with van der Waals surface area (Å²) >= 11 is 0. The minimum absolute atomic E-state index is 0.189. The van der Waals surface area contributed by atoms with Crippen LogP contribution in [0.2, 0.25) is 0 Å². The summed E-state index contributed by atoms with van der Waals surface area (Å²) in [4.78, 5) is 11.0. The highest BCUT2D eigenvalue weighted by atomic mass is 16.6. The van der Waals surface area contributed by atoms with Crippen molar-refractivity contribution in [2.24, 2.45) is 5.92 Å². The van der Waals surface area contributed by atoms with Gasteiger partial charge in [0.25, 0.3) is 0 Å². The van der Waals surface area contributed by atoms with Crippen LogP contribution in [0.4, 0.5) is 0 Å². The lowest BCUT2D eigenvalue weighted by molar-refractivity contribution is -0.139. The lowest BCUT2D eigenvalue weighted by atomic mass is 10.0. The number of esters is 1. The van der Waals surface area contributed by atoms with Crippen LogP contribution in [0.25, 0.3) is 0 Å². The van der Waals surface area contributed by atoms with Gasteiger partial charge in [0, 0.05) is 0 Å². The predicted molar refractivity (Wildman–Crippen MR) is 42.3 cm³/mol. The van der Waals surface area contributed by atoms with Crippen LogP contribution in [0.15, 0.2) is 12.8 Å². The van der Waals surface area contributed by atoms with Crippen molar-refractivity contribution in [3.05, 3.63) is 12.8 Å². The zero-order valence-corrected chi connectivity index (χ0v) is 6.86. The molecule has 3 atom stereocenters. The maximum absolute atomic E-state index is 11.0. The van der Waals surface area contributed by atoms with E-state index in [1.54, 1.807) is 0 Å². The number of hydrogen-bond acceptors (Lipinski definition) is 3. The summed E-state index contributed by atoms with van der Waals surface area (Å²) in [5, 5.41) is 0. The van der Waals surface area contributed by atoms with E-state index in [4.69, 9.17) is 4.74 Å². The molecule has 3 heteroatoms. The Kier molecular flexibility index (Phi) is 1.89. The molecular weight excluding hydrogens is 156 g/mol. The topological polar surface area (TPSA) is 38.8 Å². The first kappa shape index (κ1) is 7.80. The number of epoxide rings is 1. The van der Waals surface area contributed by atoms with Gasteiger partial charge in [-0.3, -0.25) is 4.79 Å². The number of hydrogen-bond donors (Lipinski definition) is 0. The quantitative estimate of drug-likeness (QED) is 0.361. The summed E-state index contributed by atoms with van der Waals surface area (Å²) in [6.07, 6.45) is 4.67. The van der Waals surface area contributed by atoms with Gasteiger partial charge in [0.05, 0.1) is 24.9 Å². The number of ether oxygens (including phenoxy) is 2. The molecule has 1 aliphatic heterocycles. The van der Waals surface area contributed by atoms with Crippen molar-refractivity contribution in [1.29, 1.82) is 0 Å². The Hall–Kier alpha value is -0.830. The van der Waals surface area contributed by atoms with Gasteiger partial charge in [-0.15, -0.1) is 0 Å². The van der Waals surface area contributed by atoms with E-state index in [-0.39, 0.29) is 5.97 Å². The SMILES string of the molecule is C=COC(=O)CC1CCC2OC12. The maximum Gasteiger partial charge on any atom is 0.310 e. The van der Waals surface area contributed by atoms with Gasteiger partial charge in [0.15, 0.2) is 0 Å². The van der Waals surface area contributed by atoms with Crippen LogP contribution in [0.5, 0.6) is 0 Å². The Labute approximate surface area is 71.3 Å². The van der Waals surface area contributed by atoms with Crippen molar-refractivity contribution in [2.75, 3.05) is 0 Å². The Bertz CT molecular complexity index is 212. The second kappa shape index (κ2) is 2.90. The van der Waals surface area contributed by atoms with Gasteiger partial charge >= 0.3 is 5.97 Å². The fraction of sp³-hybridized carbons (Fsp3) is 0.667. The standard InChI is InChI=1S/C9H12O3/c1-2-11-8(10)5-6-3-4-7-9(6)12-7/h2,6-7,9H,1,3-5H2. The molecule has 0 aromatic carbocycles. The molecule has 3 unspecified atom stereocenters. The molecule has 0 aromatic rings. The Balaban J connectivity index is 1.78. The molecule has 0 amide bonds. The minimum atomic E-state index is -0.189. The fourth-order valence-corrected chi connectivity index (χ4v) is 1.92. The Morgan fingerprint density at radius 1 is 1.67 bits per heavy atom. The van der Waals surface area contributed by atoms with Crippen molar-refractivity contribution in [3.63, 3.8) is 0 Å². The maximum atomic E-state index is 11.0. The van der Waals surface area contributed by atoms with Crippen LogP contribution >= 0.6 is 0 Å². The number of rotatable bonds is 3. The summed E-state index contributed by atoms with van der Waals surface area (Å²) in [5.74, 6) is 0.202. The second-order valence-corrected chi connectivity index (χ2v) is 3.34. The van der Waals surface area contributed by atoms with Gasteiger partial charge in [-0.1, -0.05) is 6.58 Å². The number of carbonyl (C=O) groups is 1. The summed E-state index contributed by atoms with van der Waals surface area (Å²) < 4.78 is 9.95. The molecule has 0 radical (unpaired) electrons. The largest absolute Gasteiger partial charge is 0.435 e. The molecule has 0 aromatic heterocycles. The van der Waals surface area contributed by atoms with Crippen molar-refractivity contribution >= 4 is 5.97 Å². The van der Waals surface area contributed by atoms with Crippen LogP contribution in [-0.4, -0.2) is 18.2 Å². The molecule has 66 valence electrons. The van der Waals surface area contributed by atoms with Crippen LogP contribution in [-0.2, 0) is 14.3 Å². The van der Waals surface area contributed by atoms with Crippen LogP contribution < -0.4 is 0 Å². The first-order chi connectivity index (χ1) is 5.81. The highest BCUT2D eigenvalue weighted by Gasteiger charge is 2.50. The molecule has 3 nitrogen and oxygen atoms in total. The second-order valence-electron chi connectivity index (χ2n) is 3.34. The zero-order chi connectivity index (χ0) is 8.55. The summed E-state index contributed by atoms with van der Waals surface area (Å²) in [6, 6.07) is 0. The van der Waals surface area contributed by atoms with E-state index in [0.717, 1.165) is 12.8 Å². The highest BCUT2D eigenvalue weighted by molar-refractivity contribution is 5.70. The van der Waals surface area contributed by atoms with Crippen LogP contribution in [0.3, 0.4) is 0 Å². The molecule has 2 rings (SSSR count). The smallest absolute Gasteiger partial charge is 0.310 e. The van der Waals surface area contributed by atoms with E-state index in [2.05, 4.69) is 11.3 Å². The molecule has 0 spiro atoms. The molecule has 2 fully saturated rings. The van der Waals surface area contributed by atoms with E-state index in [1.165, 1.54) is 6.26 Å². The molecule has 1 saturated heterocycles. The lowest BCUT2D eigenvalue weighted by Gasteiger charge is -2.07. The molecule has 1 aliphatic carbocycles. The first-order valence-corrected chi connectivity index (χ1v) is 4.27. The Morgan fingerprint density at radius 3 is 3.00 bits per heavy atom. The molecule has 1 heterocycles. The Morgan fingerprint density at radius 2 is 2.50 bits per heavy atom. The molecule has 1 saturated carbocycles. The molecular formula is C9H12O3. The summed E-state index contributed by atoms with van der Waals surface area (Å²) in [5.41, 5.74) is 0. The molecule has 2 aliphatic rings. The van der Waals surface area contributed by atoms with Crippen molar-refractivity contribution in [1.82, 2.24) is 0 Å². The average molecular weight is 168 g/mol. The van der Waals surface area contributed by atoms with Crippen molar-refractivity contribution in [3.8, 4) is 0 Å². The monoisotopic (exact) mass is 168 g/mol. The van der Waals surface area contributed by atoms with Gasteiger partial charge in [0.2, 0.25) is 0 Å². The molecule has 12 heavy (non-hydrogen) atoms. The highest BCUT2D eigenvalue weighted by Crippen LogP contribution is 2.44. The average Bonchev–Trinajstić information content (AvgIpc) is 2.71. The minimum Gasteiger partial charge on any atom is -0.435 e.